The van der Waals surface area contributed by atoms with Crippen molar-refractivity contribution in [1.29, 1.82) is 0 Å². The predicted molar refractivity (Wildman–Crippen MR) is 62.9 cm³/mol. The molecule has 0 radical (unpaired) electrons. The Morgan fingerprint density at radius 1 is 1.33 bits per heavy atom. The molecule has 0 bridgehead atoms. The van der Waals surface area contributed by atoms with Crippen LogP contribution in [0.5, 0.6) is 0 Å². The molecule has 1 heterocycles. The van der Waals surface area contributed by atoms with E-state index < -0.39 is 24.2 Å². The van der Waals surface area contributed by atoms with Crippen LogP contribution in [0.15, 0.2) is 0 Å². The normalized spacial score (nSPS) is 25.6. The molecule has 0 aromatic carbocycles. The van der Waals surface area contributed by atoms with Crippen molar-refractivity contribution in [3.63, 3.8) is 0 Å². The average Bonchev–Trinajstić information content (AvgIpc) is 2.58. The lowest BCUT2D eigenvalue weighted by molar-refractivity contribution is -0.221. The van der Waals surface area contributed by atoms with E-state index in [1.165, 1.54) is 0 Å². The molecule has 1 amide bonds. The van der Waals surface area contributed by atoms with E-state index in [0.29, 0.717) is 6.42 Å². The summed E-state index contributed by atoms with van der Waals surface area (Å²) in [4.78, 5) is 13.0. The number of halogens is 3. The summed E-state index contributed by atoms with van der Waals surface area (Å²) in [5.41, 5.74) is 2.85. The van der Waals surface area contributed by atoms with Gasteiger partial charge in [0.15, 0.2) is 5.54 Å². The Bertz CT molecular complexity index is 322. The highest BCUT2D eigenvalue weighted by Gasteiger charge is 2.60. The fourth-order valence-corrected chi connectivity index (χ4v) is 2.41. The van der Waals surface area contributed by atoms with Gasteiger partial charge in [-0.2, -0.15) is 13.2 Å². The number of alkyl halides is 3. The maximum absolute atomic E-state index is 13.2. The van der Waals surface area contributed by atoms with Crippen LogP contribution >= 0.6 is 0 Å². The minimum absolute atomic E-state index is 0.0944. The first-order chi connectivity index (χ1) is 8.03. The molecule has 1 rings (SSSR count). The predicted octanol–water partition coefficient (Wildman–Crippen LogP) is 2.30. The number of carbonyl (C=O) groups is 1. The molecule has 106 valence electrons. The van der Waals surface area contributed by atoms with Crippen LogP contribution in [-0.2, 0) is 4.79 Å². The fourth-order valence-electron chi connectivity index (χ4n) is 2.41. The molecule has 1 atom stereocenters. The summed E-state index contributed by atoms with van der Waals surface area (Å²) in [5.74, 6) is -0.456. The summed E-state index contributed by atoms with van der Waals surface area (Å²) in [6, 6.07) is 0. The number of rotatable bonds is 2. The molecule has 0 aliphatic carbocycles. The van der Waals surface area contributed by atoms with E-state index >= 15 is 0 Å². The molecule has 18 heavy (non-hydrogen) atoms. The first-order valence-electron chi connectivity index (χ1n) is 6.11. The van der Waals surface area contributed by atoms with Gasteiger partial charge in [0.2, 0.25) is 5.91 Å². The summed E-state index contributed by atoms with van der Waals surface area (Å²) < 4.78 is 39.6. The van der Waals surface area contributed by atoms with Crippen molar-refractivity contribution in [2.75, 3.05) is 13.1 Å². The lowest BCUT2D eigenvalue weighted by Crippen LogP contribution is -2.61. The third-order valence-corrected chi connectivity index (χ3v) is 3.34. The molecule has 0 saturated carbocycles. The van der Waals surface area contributed by atoms with E-state index in [0.717, 1.165) is 4.90 Å². The van der Waals surface area contributed by atoms with Crippen molar-refractivity contribution in [3.05, 3.63) is 0 Å². The van der Waals surface area contributed by atoms with Crippen LogP contribution in [0.4, 0.5) is 13.2 Å². The van der Waals surface area contributed by atoms with E-state index in [2.05, 4.69) is 0 Å². The maximum atomic E-state index is 13.2. The number of hydrogen-bond acceptors (Lipinski definition) is 2. The van der Waals surface area contributed by atoms with Gasteiger partial charge < -0.3 is 10.6 Å². The van der Waals surface area contributed by atoms with E-state index in [9.17, 15) is 18.0 Å². The highest BCUT2D eigenvalue weighted by Crippen LogP contribution is 2.43. The minimum atomic E-state index is -4.47. The number of nitrogens with two attached hydrogens (primary N) is 1. The number of nitrogens with zero attached hydrogens (tertiary/aromatic N) is 1. The molecular weight excluding hydrogens is 245 g/mol. The smallest absolute Gasteiger partial charge is 0.328 e. The Hall–Kier alpha value is -0.780. The second-order valence-corrected chi connectivity index (χ2v) is 6.12. The monoisotopic (exact) mass is 266 g/mol. The van der Waals surface area contributed by atoms with Gasteiger partial charge in [0.05, 0.1) is 0 Å². The molecule has 1 unspecified atom stereocenters. The highest BCUT2D eigenvalue weighted by atomic mass is 19.4. The maximum Gasteiger partial charge on any atom is 0.412 e. The standard InChI is InChI=1S/C12H21F3N2O/c1-10(2,3)7-9(18)17-6-4-5-11(17,8-16)12(13,14)15/h4-8,16H2,1-3H3. The van der Waals surface area contributed by atoms with Crippen LogP contribution in [0.25, 0.3) is 0 Å². The Morgan fingerprint density at radius 3 is 2.28 bits per heavy atom. The van der Waals surface area contributed by atoms with Crippen molar-refractivity contribution in [1.82, 2.24) is 4.90 Å². The molecule has 0 aromatic rings. The van der Waals surface area contributed by atoms with E-state index in [1.807, 2.05) is 20.8 Å². The van der Waals surface area contributed by atoms with Gasteiger partial charge in [0.1, 0.15) is 0 Å². The Kier molecular flexibility index (Phi) is 4.00. The van der Waals surface area contributed by atoms with Crippen LogP contribution in [0.1, 0.15) is 40.0 Å². The SMILES string of the molecule is CC(C)(C)CC(=O)N1CCCC1(CN)C(F)(F)F. The van der Waals surface area contributed by atoms with Crippen LogP contribution in [-0.4, -0.2) is 35.6 Å². The van der Waals surface area contributed by atoms with E-state index in [-0.39, 0.29) is 24.8 Å². The van der Waals surface area contributed by atoms with Gasteiger partial charge in [-0.1, -0.05) is 20.8 Å². The quantitative estimate of drug-likeness (QED) is 0.833. The molecule has 0 spiro atoms. The third kappa shape index (κ3) is 2.79. The van der Waals surface area contributed by atoms with Crippen LogP contribution in [0.3, 0.4) is 0 Å². The second-order valence-electron chi connectivity index (χ2n) is 6.12. The molecule has 0 aromatic heterocycles. The van der Waals surface area contributed by atoms with Gasteiger partial charge in [-0.15, -0.1) is 0 Å². The summed E-state index contributed by atoms with van der Waals surface area (Å²) in [6.45, 7) is 5.08. The number of carbonyl (C=O) groups excluding carboxylic acids is 1. The van der Waals surface area contributed by atoms with E-state index in [1.54, 1.807) is 0 Å². The van der Waals surface area contributed by atoms with Crippen molar-refractivity contribution in [3.8, 4) is 0 Å². The summed E-state index contributed by atoms with van der Waals surface area (Å²) in [7, 11) is 0. The van der Waals surface area contributed by atoms with Gasteiger partial charge >= 0.3 is 6.18 Å². The second kappa shape index (κ2) is 4.72. The van der Waals surface area contributed by atoms with Crippen LogP contribution in [0, 0.1) is 5.41 Å². The van der Waals surface area contributed by atoms with Gasteiger partial charge in [-0.05, 0) is 18.3 Å². The molecule has 1 aliphatic heterocycles. The average molecular weight is 266 g/mol. The topological polar surface area (TPSA) is 46.3 Å². The zero-order valence-corrected chi connectivity index (χ0v) is 11.1. The molecule has 2 N–H and O–H groups in total. The number of likely N-dealkylation sites (tertiary alicyclic amines) is 1. The Balaban J connectivity index is 2.97. The first kappa shape index (κ1) is 15.3. The van der Waals surface area contributed by atoms with E-state index in [4.69, 9.17) is 5.73 Å². The van der Waals surface area contributed by atoms with Gasteiger partial charge in [-0.25, -0.2) is 0 Å². The van der Waals surface area contributed by atoms with Crippen molar-refractivity contribution in [2.45, 2.75) is 51.7 Å². The first-order valence-corrected chi connectivity index (χ1v) is 6.11. The van der Waals surface area contributed by atoms with Crippen LogP contribution in [0.2, 0.25) is 0 Å². The fraction of sp³-hybridized carbons (Fsp3) is 0.917. The Morgan fingerprint density at radius 2 is 1.89 bits per heavy atom. The molecule has 1 fully saturated rings. The lowest BCUT2D eigenvalue weighted by Gasteiger charge is -2.40. The van der Waals surface area contributed by atoms with Gasteiger partial charge in [0, 0.05) is 19.5 Å². The zero-order valence-electron chi connectivity index (χ0n) is 11.1. The summed E-state index contributed by atoms with van der Waals surface area (Å²) >= 11 is 0. The summed E-state index contributed by atoms with van der Waals surface area (Å²) in [6.07, 6.45) is -4.11. The minimum Gasteiger partial charge on any atom is -0.328 e. The third-order valence-electron chi connectivity index (χ3n) is 3.34. The molecule has 6 heteroatoms. The van der Waals surface area contributed by atoms with Crippen molar-refractivity contribution in [2.24, 2.45) is 11.1 Å². The zero-order chi connectivity index (χ0) is 14.2. The van der Waals surface area contributed by atoms with Crippen molar-refractivity contribution < 1.29 is 18.0 Å². The largest absolute Gasteiger partial charge is 0.412 e. The van der Waals surface area contributed by atoms with Gasteiger partial charge in [0.25, 0.3) is 0 Å². The van der Waals surface area contributed by atoms with Crippen molar-refractivity contribution >= 4 is 5.91 Å². The summed E-state index contributed by atoms with van der Waals surface area (Å²) in [5, 5.41) is 0. The lowest BCUT2D eigenvalue weighted by atomic mass is 9.89. The molecule has 3 nitrogen and oxygen atoms in total. The molecule has 1 saturated heterocycles. The Labute approximate surface area is 106 Å². The van der Waals surface area contributed by atoms with Gasteiger partial charge in [-0.3, -0.25) is 4.79 Å². The molecule has 1 aliphatic rings. The number of hydrogen-bond donors (Lipinski definition) is 1. The van der Waals surface area contributed by atoms with Crippen LogP contribution < -0.4 is 5.73 Å². The highest BCUT2D eigenvalue weighted by molar-refractivity contribution is 5.78. The molecular formula is C12H21F3N2O. The number of amides is 1.